The zero-order valence-corrected chi connectivity index (χ0v) is 10.9. The van der Waals surface area contributed by atoms with Gasteiger partial charge in [0, 0.05) is 12.9 Å². The molecule has 7 heteroatoms. The summed E-state index contributed by atoms with van der Waals surface area (Å²) in [4.78, 5) is 17.9. The number of methoxy groups -OCH3 is 1. The largest absolute Gasteiger partial charge is 0.376 e. The van der Waals surface area contributed by atoms with Gasteiger partial charge in [0.1, 0.15) is 18.3 Å². The van der Waals surface area contributed by atoms with Gasteiger partial charge in [0.2, 0.25) is 0 Å². The van der Waals surface area contributed by atoms with Crippen LogP contribution >= 0.6 is 7.60 Å². The van der Waals surface area contributed by atoms with E-state index in [2.05, 4.69) is 0 Å². The van der Waals surface area contributed by atoms with Crippen LogP contribution in [0.15, 0.2) is 11.8 Å². The van der Waals surface area contributed by atoms with Gasteiger partial charge in [-0.05, 0) is 19.9 Å². The Morgan fingerprint density at radius 2 is 2.24 bits per heavy atom. The second-order valence-corrected chi connectivity index (χ2v) is 5.29. The molecule has 1 aliphatic rings. The quantitative estimate of drug-likeness (QED) is 0.720. The molecular weight excluding hydrogens is 247 g/mol. The summed E-state index contributed by atoms with van der Waals surface area (Å²) >= 11 is 0. The highest BCUT2D eigenvalue weighted by Gasteiger charge is 2.37. The lowest BCUT2D eigenvalue weighted by atomic mass is 10.1. The molecule has 17 heavy (non-hydrogen) atoms. The highest BCUT2D eigenvalue weighted by Crippen LogP contribution is 2.37. The Morgan fingerprint density at radius 3 is 2.71 bits per heavy atom. The van der Waals surface area contributed by atoms with Crippen molar-refractivity contribution in [3.63, 3.8) is 0 Å². The molecule has 2 N–H and O–H groups in total. The Bertz CT molecular complexity index is 393. The predicted octanol–water partition coefficient (Wildman–Crippen LogP) is 0.885. The lowest BCUT2D eigenvalue weighted by molar-refractivity contribution is -0.0659. The third-order valence-electron chi connectivity index (χ3n) is 2.19. The molecule has 0 aromatic heterocycles. The van der Waals surface area contributed by atoms with Crippen molar-refractivity contribution in [2.24, 2.45) is 0 Å². The van der Waals surface area contributed by atoms with Gasteiger partial charge in [-0.1, -0.05) is 0 Å². The van der Waals surface area contributed by atoms with Crippen molar-refractivity contribution < 1.29 is 31.3 Å². The van der Waals surface area contributed by atoms with Gasteiger partial charge in [-0.25, -0.2) is 0 Å². The minimum atomic E-state index is -4.77. The summed E-state index contributed by atoms with van der Waals surface area (Å²) in [5, 5.41) is 0. The molecule has 0 bridgehead atoms. The van der Waals surface area contributed by atoms with Crippen molar-refractivity contribution in [3.8, 4) is 0 Å². The average Bonchev–Trinajstić information content (AvgIpc) is 2.68. The molecule has 0 aromatic carbocycles. The summed E-state index contributed by atoms with van der Waals surface area (Å²) in [6.45, 7) is 3.73. The van der Waals surface area contributed by atoms with E-state index in [4.69, 9.17) is 26.7 Å². The molecular formula is C10H19O6P. The van der Waals surface area contributed by atoms with E-state index in [0.29, 0.717) is 0 Å². The van der Waals surface area contributed by atoms with Crippen LogP contribution in [0.25, 0.3) is 0 Å². The summed E-state index contributed by atoms with van der Waals surface area (Å²) in [6.07, 6.45) is -2.27. The standard InChI is InChI=1S/C10H19O6P/c1-7(2)16-10-8(4-5-17(11,12)13)15-6-9(10)14-3/h4-5,7-10H,6H2,1-3H3,(H2,11,12,13)/b5-4+/t8-,9+,10-/m1/s1/i4D,5D. The second kappa shape index (κ2) is 6.09. The molecule has 0 saturated carbocycles. The zero-order chi connectivity index (χ0) is 14.8. The fourth-order valence-electron chi connectivity index (χ4n) is 1.53. The molecule has 0 unspecified atom stereocenters. The van der Waals surface area contributed by atoms with E-state index >= 15 is 0 Å². The van der Waals surface area contributed by atoms with Crippen LogP contribution in [0.3, 0.4) is 0 Å². The summed E-state index contributed by atoms with van der Waals surface area (Å²) in [5.41, 5.74) is 0. The van der Waals surface area contributed by atoms with Gasteiger partial charge in [0.05, 0.1) is 15.5 Å². The van der Waals surface area contributed by atoms with Crippen LogP contribution in [0.5, 0.6) is 0 Å². The number of rotatable bonds is 5. The monoisotopic (exact) mass is 268 g/mol. The van der Waals surface area contributed by atoms with Crippen LogP contribution in [-0.2, 0) is 18.8 Å². The molecule has 1 saturated heterocycles. The van der Waals surface area contributed by atoms with E-state index in [0.717, 1.165) is 0 Å². The maximum atomic E-state index is 11.0. The molecule has 1 aliphatic heterocycles. The van der Waals surface area contributed by atoms with E-state index in [-0.39, 0.29) is 12.7 Å². The second-order valence-electron chi connectivity index (χ2n) is 3.98. The fraction of sp³-hybridized carbons (Fsp3) is 0.800. The van der Waals surface area contributed by atoms with Gasteiger partial charge in [0.15, 0.2) is 0 Å². The first-order valence-corrected chi connectivity index (χ1v) is 6.83. The molecule has 0 radical (unpaired) electrons. The van der Waals surface area contributed by atoms with Gasteiger partial charge in [-0.3, -0.25) is 4.57 Å². The molecule has 0 spiro atoms. The van der Waals surface area contributed by atoms with Crippen molar-refractivity contribution in [2.75, 3.05) is 13.7 Å². The van der Waals surface area contributed by atoms with E-state index < -0.39 is 37.8 Å². The van der Waals surface area contributed by atoms with Crippen LogP contribution in [-0.4, -0.2) is 47.9 Å². The summed E-state index contributed by atoms with van der Waals surface area (Å²) in [7, 11) is -3.31. The molecule has 3 atom stereocenters. The van der Waals surface area contributed by atoms with E-state index in [1.807, 2.05) is 0 Å². The van der Waals surface area contributed by atoms with Gasteiger partial charge in [0.25, 0.3) is 0 Å². The van der Waals surface area contributed by atoms with Crippen molar-refractivity contribution in [2.45, 2.75) is 38.3 Å². The SMILES string of the molecule is [2H]/C(=C(/[2H])P(=O)(O)O)[C@H]1OC[C@H](OC)[C@@H]1OC(C)C. The molecule has 0 amide bonds. The fourth-order valence-corrected chi connectivity index (χ4v) is 1.83. The first-order chi connectivity index (χ1) is 8.68. The lowest BCUT2D eigenvalue weighted by Crippen LogP contribution is -2.35. The van der Waals surface area contributed by atoms with Crippen molar-refractivity contribution >= 4 is 7.60 Å². The van der Waals surface area contributed by atoms with Gasteiger partial charge >= 0.3 is 7.60 Å². The topological polar surface area (TPSA) is 85.2 Å². The normalized spacial score (nSPS) is 33.4. The van der Waals surface area contributed by atoms with Crippen LogP contribution in [0.4, 0.5) is 0 Å². The Kier molecular flexibility index (Phi) is 4.24. The molecule has 0 aliphatic carbocycles. The molecule has 6 nitrogen and oxygen atoms in total. The summed E-state index contributed by atoms with van der Waals surface area (Å²) in [6, 6.07) is -0.571. The van der Waals surface area contributed by atoms with Crippen molar-refractivity contribution in [1.82, 2.24) is 0 Å². The molecule has 0 aromatic rings. The molecule has 1 fully saturated rings. The van der Waals surface area contributed by atoms with E-state index in [1.54, 1.807) is 13.8 Å². The van der Waals surface area contributed by atoms with E-state index in [1.165, 1.54) is 7.11 Å². The smallest absolute Gasteiger partial charge is 0.348 e. The van der Waals surface area contributed by atoms with Crippen LogP contribution < -0.4 is 0 Å². The molecule has 100 valence electrons. The number of hydrogen-bond donors (Lipinski definition) is 2. The summed E-state index contributed by atoms with van der Waals surface area (Å²) < 4.78 is 42.1. The minimum absolute atomic E-state index is 0.148. The van der Waals surface area contributed by atoms with Gasteiger partial charge in [-0.15, -0.1) is 0 Å². The average molecular weight is 268 g/mol. The lowest BCUT2D eigenvalue weighted by Gasteiger charge is -2.23. The third kappa shape index (κ3) is 4.87. The maximum Gasteiger partial charge on any atom is 0.348 e. The molecule has 1 heterocycles. The predicted molar refractivity (Wildman–Crippen MR) is 61.7 cm³/mol. The number of hydrogen-bond acceptors (Lipinski definition) is 4. The summed E-state index contributed by atoms with van der Waals surface area (Å²) in [5.74, 6) is -1.05. The highest BCUT2D eigenvalue weighted by molar-refractivity contribution is 7.55. The van der Waals surface area contributed by atoms with Crippen molar-refractivity contribution in [3.05, 3.63) is 11.8 Å². The highest BCUT2D eigenvalue weighted by atomic mass is 31.2. The zero-order valence-electron chi connectivity index (χ0n) is 12.0. The Balaban J connectivity index is 3.01. The Hall–Kier alpha value is -0.230. The van der Waals surface area contributed by atoms with E-state index in [9.17, 15) is 4.57 Å². The number of ether oxygens (including phenoxy) is 3. The third-order valence-corrected chi connectivity index (χ3v) is 2.61. The van der Waals surface area contributed by atoms with Crippen LogP contribution in [0.1, 0.15) is 16.6 Å². The van der Waals surface area contributed by atoms with Crippen LogP contribution in [0, 0.1) is 0 Å². The Morgan fingerprint density at radius 1 is 1.59 bits per heavy atom. The Labute approximate surface area is 104 Å². The van der Waals surface area contributed by atoms with Crippen LogP contribution in [0.2, 0.25) is 0 Å². The first-order valence-electron chi connectivity index (χ1n) is 6.21. The van der Waals surface area contributed by atoms with Crippen molar-refractivity contribution in [1.29, 1.82) is 0 Å². The minimum Gasteiger partial charge on any atom is -0.376 e. The van der Waals surface area contributed by atoms with Gasteiger partial charge in [-0.2, -0.15) is 0 Å². The molecule has 1 rings (SSSR count). The van der Waals surface area contributed by atoms with Gasteiger partial charge < -0.3 is 24.0 Å². The maximum absolute atomic E-state index is 11.0. The first kappa shape index (κ1) is 11.8.